The third kappa shape index (κ3) is 7.76. The van der Waals surface area contributed by atoms with Gasteiger partial charge in [-0.05, 0) is 83.8 Å². The number of nitrogens with zero attached hydrogens (tertiary/aromatic N) is 1. The normalized spacial score (nSPS) is 16.9. The second-order valence-electron chi connectivity index (χ2n) is 8.61. The molecule has 0 radical (unpaired) electrons. The number of ether oxygens (including phenoxy) is 1. The standard InChI is InChI=1S/C21H34N4O3/c1-15-10-12-25(13-11-15)16(2)14-22-19(26)23-17-6-8-18(9-7-17)24-20(27)28-21(3,4)5/h6-9,15-16H,10-14H2,1-5H3,(H,24,27)(H2,22,23,26). The number of rotatable bonds is 5. The summed E-state index contributed by atoms with van der Waals surface area (Å²) in [6, 6.07) is 7.00. The maximum absolute atomic E-state index is 12.1. The molecule has 1 aliphatic rings. The minimum Gasteiger partial charge on any atom is -0.444 e. The van der Waals surface area contributed by atoms with Crippen molar-refractivity contribution in [2.24, 2.45) is 5.92 Å². The van der Waals surface area contributed by atoms with E-state index >= 15 is 0 Å². The van der Waals surface area contributed by atoms with Crippen LogP contribution >= 0.6 is 0 Å². The van der Waals surface area contributed by atoms with Crippen LogP contribution in [-0.4, -0.2) is 48.3 Å². The van der Waals surface area contributed by atoms with E-state index in [4.69, 9.17) is 4.74 Å². The van der Waals surface area contributed by atoms with Crippen LogP contribution in [0, 0.1) is 5.92 Å². The van der Waals surface area contributed by atoms with Crippen molar-refractivity contribution in [1.29, 1.82) is 0 Å². The molecule has 156 valence electrons. The van der Waals surface area contributed by atoms with Crippen molar-refractivity contribution in [3.63, 3.8) is 0 Å². The van der Waals surface area contributed by atoms with Gasteiger partial charge in [0.15, 0.2) is 0 Å². The Kier molecular flexibility index (Phi) is 7.69. The van der Waals surface area contributed by atoms with Gasteiger partial charge in [0.05, 0.1) is 0 Å². The first-order valence-corrected chi connectivity index (χ1v) is 10.0. The molecule has 1 unspecified atom stereocenters. The first-order valence-electron chi connectivity index (χ1n) is 10.0. The number of nitrogens with one attached hydrogen (secondary N) is 3. The molecule has 2 rings (SSSR count). The smallest absolute Gasteiger partial charge is 0.412 e. The molecular weight excluding hydrogens is 356 g/mol. The van der Waals surface area contributed by atoms with Crippen LogP contribution in [0.15, 0.2) is 24.3 Å². The Labute approximate surface area is 168 Å². The van der Waals surface area contributed by atoms with E-state index < -0.39 is 11.7 Å². The number of benzene rings is 1. The van der Waals surface area contributed by atoms with Gasteiger partial charge in [-0.3, -0.25) is 10.2 Å². The summed E-state index contributed by atoms with van der Waals surface area (Å²) in [4.78, 5) is 26.3. The Bertz CT molecular complexity index is 647. The van der Waals surface area contributed by atoms with Crippen LogP contribution in [-0.2, 0) is 4.74 Å². The van der Waals surface area contributed by atoms with Crippen molar-refractivity contribution in [3.05, 3.63) is 24.3 Å². The number of hydrogen-bond acceptors (Lipinski definition) is 4. The van der Waals surface area contributed by atoms with Crippen LogP contribution in [0.1, 0.15) is 47.5 Å². The number of anilines is 2. The van der Waals surface area contributed by atoms with Gasteiger partial charge in [0.2, 0.25) is 0 Å². The average Bonchev–Trinajstić information content (AvgIpc) is 2.60. The van der Waals surface area contributed by atoms with Crippen molar-refractivity contribution in [2.75, 3.05) is 30.3 Å². The lowest BCUT2D eigenvalue weighted by Crippen LogP contribution is -2.46. The molecule has 1 aromatic carbocycles. The molecule has 0 aromatic heterocycles. The summed E-state index contributed by atoms with van der Waals surface area (Å²) in [6.45, 7) is 12.7. The van der Waals surface area contributed by atoms with E-state index in [1.54, 1.807) is 24.3 Å². The molecule has 3 amide bonds. The number of carbonyl (C=O) groups is 2. The Morgan fingerprint density at radius 2 is 1.64 bits per heavy atom. The van der Waals surface area contributed by atoms with Crippen LogP contribution in [0.25, 0.3) is 0 Å². The van der Waals surface area contributed by atoms with E-state index in [-0.39, 0.29) is 6.03 Å². The highest BCUT2D eigenvalue weighted by Crippen LogP contribution is 2.18. The van der Waals surface area contributed by atoms with Gasteiger partial charge in [-0.2, -0.15) is 0 Å². The van der Waals surface area contributed by atoms with Gasteiger partial charge in [-0.1, -0.05) is 6.92 Å². The molecule has 1 saturated heterocycles. The van der Waals surface area contributed by atoms with E-state index in [9.17, 15) is 9.59 Å². The molecule has 7 heteroatoms. The first kappa shape index (κ1) is 22.0. The quantitative estimate of drug-likeness (QED) is 0.701. The maximum atomic E-state index is 12.1. The van der Waals surface area contributed by atoms with E-state index in [1.165, 1.54) is 12.8 Å². The number of hydrogen-bond donors (Lipinski definition) is 3. The number of carbonyl (C=O) groups excluding carboxylic acids is 2. The molecular formula is C21H34N4O3. The highest BCUT2D eigenvalue weighted by atomic mass is 16.6. The summed E-state index contributed by atoms with van der Waals surface area (Å²) in [5.41, 5.74) is 0.715. The molecule has 1 fully saturated rings. The summed E-state index contributed by atoms with van der Waals surface area (Å²) in [5.74, 6) is 0.799. The Balaban J connectivity index is 1.74. The predicted molar refractivity (Wildman–Crippen MR) is 113 cm³/mol. The molecule has 3 N–H and O–H groups in total. The molecule has 1 aliphatic heterocycles. The molecule has 1 aromatic rings. The summed E-state index contributed by atoms with van der Waals surface area (Å²) >= 11 is 0. The highest BCUT2D eigenvalue weighted by molar-refractivity contribution is 5.90. The fraction of sp³-hybridized carbons (Fsp3) is 0.619. The van der Waals surface area contributed by atoms with Crippen molar-refractivity contribution in [2.45, 2.75) is 59.1 Å². The van der Waals surface area contributed by atoms with Crippen LogP contribution in [0.3, 0.4) is 0 Å². The van der Waals surface area contributed by atoms with Crippen molar-refractivity contribution in [1.82, 2.24) is 10.2 Å². The molecule has 0 saturated carbocycles. The van der Waals surface area contributed by atoms with Gasteiger partial charge in [-0.15, -0.1) is 0 Å². The monoisotopic (exact) mass is 390 g/mol. The van der Waals surface area contributed by atoms with Crippen LogP contribution in [0.4, 0.5) is 21.0 Å². The number of amides is 3. The van der Waals surface area contributed by atoms with Crippen LogP contribution in [0.2, 0.25) is 0 Å². The molecule has 28 heavy (non-hydrogen) atoms. The van der Waals surface area contributed by atoms with E-state index in [2.05, 4.69) is 34.7 Å². The number of piperidine rings is 1. The SMILES string of the molecule is CC1CCN(C(C)CNC(=O)Nc2ccc(NC(=O)OC(C)(C)C)cc2)CC1. The second-order valence-corrected chi connectivity index (χ2v) is 8.61. The van der Waals surface area contributed by atoms with Crippen LogP contribution < -0.4 is 16.0 Å². The van der Waals surface area contributed by atoms with Gasteiger partial charge >= 0.3 is 12.1 Å². The van der Waals surface area contributed by atoms with Gasteiger partial charge in [0.1, 0.15) is 5.60 Å². The molecule has 0 bridgehead atoms. The molecule has 1 atom stereocenters. The minimum absolute atomic E-state index is 0.231. The van der Waals surface area contributed by atoms with Crippen molar-refractivity contribution >= 4 is 23.5 Å². The maximum Gasteiger partial charge on any atom is 0.412 e. The lowest BCUT2D eigenvalue weighted by Gasteiger charge is -2.34. The molecule has 7 nitrogen and oxygen atoms in total. The van der Waals surface area contributed by atoms with E-state index in [0.29, 0.717) is 24.0 Å². The third-order valence-corrected chi connectivity index (χ3v) is 4.79. The van der Waals surface area contributed by atoms with Crippen molar-refractivity contribution < 1.29 is 14.3 Å². The summed E-state index contributed by atoms with van der Waals surface area (Å²) in [5, 5.41) is 8.41. The number of likely N-dealkylation sites (tertiary alicyclic amines) is 1. The average molecular weight is 391 g/mol. The lowest BCUT2D eigenvalue weighted by atomic mass is 9.98. The second kappa shape index (κ2) is 9.78. The van der Waals surface area contributed by atoms with Crippen molar-refractivity contribution in [3.8, 4) is 0 Å². The van der Waals surface area contributed by atoms with E-state index in [1.807, 2.05) is 20.8 Å². The highest BCUT2D eigenvalue weighted by Gasteiger charge is 2.20. The largest absolute Gasteiger partial charge is 0.444 e. The Hall–Kier alpha value is -2.28. The van der Waals surface area contributed by atoms with Crippen LogP contribution in [0.5, 0.6) is 0 Å². The Morgan fingerprint density at radius 3 is 2.18 bits per heavy atom. The minimum atomic E-state index is -0.548. The fourth-order valence-corrected chi connectivity index (χ4v) is 3.07. The van der Waals surface area contributed by atoms with Gasteiger partial charge < -0.3 is 15.4 Å². The lowest BCUT2D eigenvalue weighted by molar-refractivity contribution is 0.0636. The zero-order valence-corrected chi connectivity index (χ0v) is 17.7. The molecule has 0 aliphatic carbocycles. The number of urea groups is 1. The zero-order valence-electron chi connectivity index (χ0n) is 17.7. The predicted octanol–water partition coefficient (Wildman–Crippen LogP) is 4.28. The summed E-state index contributed by atoms with van der Waals surface area (Å²) < 4.78 is 5.21. The van der Waals surface area contributed by atoms with Gasteiger partial charge in [0, 0.05) is 24.0 Å². The van der Waals surface area contributed by atoms with Gasteiger partial charge in [0.25, 0.3) is 0 Å². The topological polar surface area (TPSA) is 82.7 Å². The third-order valence-electron chi connectivity index (χ3n) is 4.79. The molecule has 0 spiro atoms. The van der Waals surface area contributed by atoms with Gasteiger partial charge in [-0.25, -0.2) is 9.59 Å². The fourth-order valence-electron chi connectivity index (χ4n) is 3.07. The first-order chi connectivity index (χ1) is 13.1. The molecule has 1 heterocycles. The Morgan fingerprint density at radius 1 is 1.11 bits per heavy atom. The van der Waals surface area contributed by atoms with E-state index in [0.717, 1.165) is 19.0 Å². The summed E-state index contributed by atoms with van der Waals surface area (Å²) in [6.07, 6.45) is 1.94. The summed E-state index contributed by atoms with van der Waals surface area (Å²) in [7, 11) is 0. The zero-order chi connectivity index (χ0) is 20.7.